The van der Waals surface area contributed by atoms with Gasteiger partial charge in [-0.2, -0.15) is 0 Å². The van der Waals surface area contributed by atoms with Gasteiger partial charge < -0.3 is 9.80 Å². The molecule has 0 saturated heterocycles. The van der Waals surface area contributed by atoms with Gasteiger partial charge in [0, 0.05) is 24.4 Å². The minimum absolute atomic E-state index is 0.0133. The van der Waals surface area contributed by atoms with Crippen molar-refractivity contribution in [2.45, 2.75) is 66.0 Å². The highest BCUT2D eigenvalue weighted by atomic mass is 32.1. The van der Waals surface area contributed by atoms with Crippen molar-refractivity contribution in [3.05, 3.63) is 58.3 Å². The molecular formula is C25H36N2O2S. The van der Waals surface area contributed by atoms with Gasteiger partial charge in [0.25, 0.3) is 0 Å². The molecule has 4 nitrogen and oxygen atoms in total. The topological polar surface area (TPSA) is 40.6 Å². The Morgan fingerprint density at radius 2 is 1.70 bits per heavy atom. The summed E-state index contributed by atoms with van der Waals surface area (Å²) >= 11 is 1.66. The number of carbonyl (C=O) groups is 2. The van der Waals surface area contributed by atoms with E-state index in [1.807, 2.05) is 46.7 Å². The van der Waals surface area contributed by atoms with Crippen molar-refractivity contribution in [2.24, 2.45) is 5.92 Å². The second-order valence-corrected chi connectivity index (χ2v) is 9.09. The molecular weight excluding hydrogens is 392 g/mol. The van der Waals surface area contributed by atoms with Gasteiger partial charge in [-0.3, -0.25) is 9.59 Å². The Hall–Kier alpha value is -2.14. The predicted molar refractivity (Wildman–Crippen MR) is 125 cm³/mol. The van der Waals surface area contributed by atoms with Crippen molar-refractivity contribution in [3.63, 3.8) is 0 Å². The van der Waals surface area contributed by atoms with Crippen LogP contribution in [0.2, 0.25) is 0 Å². The second-order valence-electron chi connectivity index (χ2n) is 8.06. The first kappa shape index (κ1) is 24.1. The number of rotatable bonds is 13. The van der Waals surface area contributed by atoms with Crippen molar-refractivity contribution in [1.82, 2.24) is 9.80 Å². The maximum atomic E-state index is 13.3. The van der Waals surface area contributed by atoms with Gasteiger partial charge in [-0.05, 0) is 29.3 Å². The lowest BCUT2D eigenvalue weighted by molar-refractivity contribution is -0.141. The Balaban J connectivity index is 2.11. The summed E-state index contributed by atoms with van der Waals surface area (Å²) in [5, 5.41) is 2.03. The summed E-state index contributed by atoms with van der Waals surface area (Å²) in [6, 6.07) is 14.1. The van der Waals surface area contributed by atoms with E-state index in [1.54, 1.807) is 16.2 Å². The van der Waals surface area contributed by atoms with E-state index in [2.05, 4.69) is 26.8 Å². The van der Waals surface area contributed by atoms with Crippen LogP contribution in [-0.4, -0.2) is 34.7 Å². The Morgan fingerprint density at radius 1 is 0.933 bits per heavy atom. The van der Waals surface area contributed by atoms with Crippen LogP contribution < -0.4 is 0 Å². The van der Waals surface area contributed by atoms with E-state index in [4.69, 9.17) is 0 Å². The third-order valence-electron chi connectivity index (χ3n) is 5.40. The summed E-state index contributed by atoms with van der Waals surface area (Å²) in [6.07, 6.45) is 4.55. The molecule has 0 bridgehead atoms. The molecule has 1 atom stereocenters. The van der Waals surface area contributed by atoms with Crippen molar-refractivity contribution >= 4 is 23.2 Å². The van der Waals surface area contributed by atoms with Gasteiger partial charge in [0.1, 0.15) is 0 Å². The summed E-state index contributed by atoms with van der Waals surface area (Å²) in [7, 11) is 0. The van der Waals surface area contributed by atoms with E-state index in [9.17, 15) is 9.59 Å². The van der Waals surface area contributed by atoms with E-state index < -0.39 is 0 Å². The lowest BCUT2D eigenvalue weighted by atomic mass is 10.1. The molecule has 0 fully saturated rings. The summed E-state index contributed by atoms with van der Waals surface area (Å²) in [4.78, 5) is 31.0. The van der Waals surface area contributed by atoms with E-state index in [1.165, 1.54) is 0 Å². The van der Waals surface area contributed by atoms with Crippen LogP contribution in [0.3, 0.4) is 0 Å². The molecule has 2 aromatic rings. The number of hydrogen-bond donors (Lipinski definition) is 0. The first-order valence-corrected chi connectivity index (χ1v) is 12.0. The summed E-state index contributed by atoms with van der Waals surface area (Å²) in [5.41, 5.74) is 1.10. The van der Waals surface area contributed by atoms with Crippen molar-refractivity contribution in [1.29, 1.82) is 0 Å². The Kier molecular flexibility index (Phi) is 10.6. The molecule has 1 aromatic heterocycles. The third kappa shape index (κ3) is 8.31. The monoisotopic (exact) mass is 428 g/mol. The zero-order valence-corrected chi connectivity index (χ0v) is 19.5. The highest BCUT2D eigenvalue weighted by Gasteiger charge is 2.23. The first-order chi connectivity index (χ1) is 14.5. The van der Waals surface area contributed by atoms with Crippen molar-refractivity contribution < 1.29 is 9.59 Å². The fourth-order valence-electron chi connectivity index (χ4n) is 3.33. The second kappa shape index (κ2) is 13.2. The zero-order valence-electron chi connectivity index (χ0n) is 18.7. The van der Waals surface area contributed by atoms with Gasteiger partial charge in [-0.25, -0.2) is 0 Å². The van der Waals surface area contributed by atoms with Crippen LogP contribution >= 0.6 is 11.3 Å². The third-order valence-corrected chi connectivity index (χ3v) is 6.26. The van der Waals surface area contributed by atoms with Crippen LogP contribution in [0.4, 0.5) is 0 Å². The van der Waals surface area contributed by atoms with Crippen molar-refractivity contribution in [3.8, 4) is 0 Å². The maximum absolute atomic E-state index is 13.3. The number of hydrogen-bond acceptors (Lipinski definition) is 3. The molecule has 164 valence electrons. The van der Waals surface area contributed by atoms with E-state index >= 15 is 0 Å². The van der Waals surface area contributed by atoms with Crippen LogP contribution in [0, 0.1) is 5.92 Å². The largest absolute Gasteiger partial charge is 0.333 e. The Morgan fingerprint density at radius 3 is 2.33 bits per heavy atom. The minimum Gasteiger partial charge on any atom is -0.333 e. The number of carbonyl (C=O) groups excluding carboxylic acids is 2. The summed E-state index contributed by atoms with van der Waals surface area (Å²) in [6.45, 7) is 8.34. The number of nitrogens with zero attached hydrogens (tertiary/aromatic N) is 2. The van der Waals surface area contributed by atoms with Gasteiger partial charge in [-0.1, -0.05) is 76.4 Å². The normalized spacial score (nSPS) is 11.8. The standard InChI is InChI=1S/C25H36N2O2S/c1-4-6-8-15-24(28)26(17-21(3)5-2)20-25(29)27(19-23-14-11-16-30-23)18-22-12-9-7-10-13-22/h7,9-14,16,21H,4-6,8,15,17-20H2,1-3H3/t21-/m1/s1. The molecule has 2 amide bonds. The number of unbranched alkanes of at least 4 members (excludes halogenated alkanes) is 2. The van der Waals surface area contributed by atoms with Gasteiger partial charge in [0.05, 0.1) is 13.1 Å². The molecule has 0 aliphatic carbocycles. The average molecular weight is 429 g/mol. The van der Waals surface area contributed by atoms with Gasteiger partial charge >= 0.3 is 0 Å². The molecule has 0 unspecified atom stereocenters. The zero-order chi connectivity index (χ0) is 21.8. The smallest absolute Gasteiger partial charge is 0.242 e. The minimum atomic E-state index is 0.0133. The molecule has 5 heteroatoms. The van der Waals surface area contributed by atoms with Gasteiger partial charge in [-0.15, -0.1) is 11.3 Å². The van der Waals surface area contributed by atoms with Gasteiger partial charge in [0.15, 0.2) is 0 Å². The number of thiophene rings is 1. The fraction of sp³-hybridized carbons (Fsp3) is 0.520. The van der Waals surface area contributed by atoms with Gasteiger partial charge in [0.2, 0.25) is 11.8 Å². The van der Waals surface area contributed by atoms with Crippen LogP contribution in [0.5, 0.6) is 0 Å². The highest BCUT2D eigenvalue weighted by molar-refractivity contribution is 7.09. The summed E-state index contributed by atoms with van der Waals surface area (Å²) in [5.74, 6) is 0.500. The van der Waals surface area contributed by atoms with Crippen LogP contribution in [0.1, 0.15) is 63.3 Å². The molecule has 0 radical (unpaired) electrons. The van der Waals surface area contributed by atoms with E-state index in [0.29, 0.717) is 32.0 Å². The molecule has 0 saturated carbocycles. The molecule has 1 heterocycles. The van der Waals surface area contributed by atoms with Crippen LogP contribution in [0.15, 0.2) is 47.8 Å². The average Bonchev–Trinajstić information content (AvgIpc) is 3.26. The lowest BCUT2D eigenvalue weighted by Crippen LogP contribution is -2.44. The highest BCUT2D eigenvalue weighted by Crippen LogP contribution is 2.16. The molecule has 1 aromatic carbocycles. The molecule has 0 N–H and O–H groups in total. The molecule has 30 heavy (non-hydrogen) atoms. The molecule has 0 aliphatic rings. The quantitative estimate of drug-likeness (QED) is 0.382. The predicted octanol–water partition coefficient (Wildman–Crippen LogP) is 5.73. The maximum Gasteiger partial charge on any atom is 0.242 e. The molecule has 0 aliphatic heterocycles. The lowest BCUT2D eigenvalue weighted by Gasteiger charge is -2.29. The summed E-state index contributed by atoms with van der Waals surface area (Å²) < 4.78 is 0. The van der Waals surface area contributed by atoms with Crippen molar-refractivity contribution in [2.75, 3.05) is 13.1 Å². The SMILES string of the molecule is CCCCCC(=O)N(CC(=O)N(Cc1ccccc1)Cc1cccs1)C[C@H](C)CC. The Labute approximate surface area is 185 Å². The Bertz CT molecular complexity index is 746. The molecule has 2 rings (SSSR count). The first-order valence-electron chi connectivity index (χ1n) is 11.1. The van der Waals surface area contributed by atoms with E-state index in [-0.39, 0.29) is 18.4 Å². The van der Waals surface area contributed by atoms with E-state index in [0.717, 1.165) is 36.1 Å². The number of amides is 2. The van der Waals surface area contributed by atoms with Crippen LogP contribution in [0.25, 0.3) is 0 Å². The van der Waals surface area contributed by atoms with Crippen LogP contribution in [-0.2, 0) is 22.7 Å². The molecule has 0 spiro atoms. The number of benzene rings is 1. The fourth-order valence-corrected chi connectivity index (χ4v) is 4.05.